The van der Waals surface area contributed by atoms with Crippen LogP contribution in [0.3, 0.4) is 0 Å². The van der Waals surface area contributed by atoms with Crippen molar-refractivity contribution >= 4 is 11.6 Å². The molecule has 0 atom stereocenters. The van der Waals surface area contributed by atoms with Gasteiger partial charge in [-0.3, -0.25) is 0 Å². The molecule has 0 heterocycles. The van der Waals surface area contributed by atoms with Crippen molar-refractivity contribution in [3.8, 4) is 0 Å². The third-order valence-electron chi connectivity index (χ3n) is 2.36. The summed E-state index contributed by atoms with van der Waals surface area (Å²) in [6.45, 7) is 2.22. The van der Waals surface area contributed by atoms with Crippen LogP contribution in [0.4, 0.5) is 0 Å². The minimum atomic E-state index is 0.0219. The number of halogens is 1. The molecule has 1 N–H and O–H groups in total. The predicted molar refractivity (Wildman–Crippen MR) is 60.6 cm³/mol. The Labute approximate surface area is 90.7 Å². The molecule has 0 saturated heterocycles. The first-order valence-electron chi connectivity index (χ1n) is 5.16. The van der Waals surface area contributed by atoms with Crippen molar-refractivity contribution in [2.45, 2.75) is 39.2 Å². The number of hydrogen-bond donors (Lipinski definition) is 1. The van der Waals surface area contributed by atoms with Gasteiger partial charge in [0.15, 0.2) is 0 Å². The minimum absolute atomic E-state index is 0.0219. The molecule has 0 bridgehead atoms. The highest BCUT2D eigenvalue weighted by Gasteiger charge is 2.00. The number of benzene rings is 1. The Bertz CT molecular complexity index is 284. The molecular formula is C12H17ClO. The van der Waals surface area contributed by atoms with Crippen LogP contribution >= 0.6 is 11.6 Å². The monoisotopic (exact) mass is 212 g/mol. The van der Waals surface area contributed by atoms with Gasteiger partial charge in [-0.15, -0.1) is 0 Å². The first-order valence-corrected chi connectivity index (χ1v) is 5.54. The summed E-state index contributed by atoms with van der Waals surface area (Å²) >= 11 is 5.98. The average molecular weight is 213 g/mol. The molecular weight excluding hydrogens is 196 g/mol. The van der Waals surface area contributed by atoms with Gasteiger partial charge in [0.2, 0.25) is 0 Å². The first-order chi connectivity index (χ1) is 6.77. The van der Waals surface area contributed by atoms with Gasteiger partial charge in [-0.1, -0.05) is 43.5 Å². The van der Waals surface area contributed by atoms with E-state index in [0.29, 0.717) is 5.02 Å². The lowest BCUT2D eigenvalue weighted by Gasteiger charge is -2.04. The molecule has 0 fully saturated rings. The highest BCUT2D eigenvalue weighted by molar-refractivity contribution is 6.31. The molecule has 0 aliphatic rings. The van der Waals surface area contributed by atoms with Gasteiger partial charge in [0.05, 0.1) is 6.61 Å². The molecule has 0 aliphatic carbocycles. The van der Waals surface area contributed by atoms with Gasteiger partial charge >= 0.3 is 0 Å². The zero-order valence-electron chi connectivity index (χ0n) is 8.59. The van der Waals surface area contributed by atoms with Crippen LogP contribution in [-0.2, 0) is 13.0 Å². The first kappa shape index (κ1) is 11.5. The Morgan fingerprint density at radius 2 is 2.07 bits per heavy atom. The third kappa shape index (κ3) is 3.32. The maximum absolute atomic E-state index is 8.94. The molecule has 0 aliphatic heterocycles. The number of hydrogen-bond acceptors (Lipinski definition) is 1. The number of aryl methyl sites for hydroxylation is 1. The van der Waals surface area contributed by atoms with E-state index in [1.807, 2.05) is 18.2 Å². The summed E-state index contributed by atoms with van der Waals surface area (Å²) in [5.41, 5.74) is 2.08. The Morgan fingerprint density at radius 1 is 1.29 bits per heavy atom. The third-order valence-corrected chi connectivity index (χ3v) is 2.71. The van der Waals surface area contributed by atoms with Crippen LogP contribution in [0.25, 0.3) is 0 Å². The molecule has 0 aromatic heterocycles. The van der Waals surface area contributed by atoms with E-state index in [9.17, 15) is 0 Å². The molecule has 2 heteroatoms. The van der Waals surface area contributed by atoms with Gasteiger partial charge in [0.1, 0.15) is 0 Å². The Balaban J connectivity index is 2.57. The van der Waals surface area contributed by atoms with Crippen LogP contribution in [0.2, 0.25) is 5.02 Å². The van der Waals surface area contributed by atoms with E-state index in [2.05, 4.69) is 6.92 Å². The van der Waals surface area contributed by atoms with Gasteiger partial charge in [-0.2, -0.15) is 0 Å². The average Bonchev–Trinajstić information content (AvgIpc) is 2.18. The second-order valence-corrected chi connectivity index (χ2v) is 3.95. The van der Waals surface area contributed by atoms with Crippen LogP contribution in [0.15, 0.2) is 18.2 Å². The van der Waals surface area contributed by atoms with Crippen molar-refractivity contribution in [3.05, 3.63) is 34.3 Å². The normalized spacial score (nSPS) is 10.5. The molecule has 0 amide bonds. The fourth-order valence-electron chi connectivity index (χ4n) is 1.45. The van der Waals surface area contributed by atoms with E-state index in [1.165, 1.54) is 24.8 Å². The SMILES string of the molecule is CCCCCc1ccc(CO)c(Cl)c1. The summed E-state index contributed by atoms with van der Waals surface area (Å²) in [6, 6.07) is 5.92. The summed E-state index contributed by atoms with van der Waals surface area (Å²) in [5.74, 6) is 0. The number of rotatable bonds is 5. The van der Waals surface area contributed by atoms with E-state index in [0.717, 1.165) is 12.0 Å². The molecule has 0 saturated carbocycles. The van der Waals surface area contributed by atoms with Crippen molar-refractivity contribution in [1.29, 1.82) is 0 Å². The maximum atomic E-state index is 8.94. The standard InChI is InChI=1S/C12H17ClO/c1-2-3-4-5-10-6-7-11(9-14)12(13)8-10/h6-8,14H,2-5,9H2,1H3. The van der Waals surface area contributed by atoms with Gasteiger partial charge in [0.25, 0.3) is 0 Å². The molecule has 78 valence electrons. The summed E-state index contributed by atoms with van der Waals surface area (Å²) in [4.78, 5) is 0. The van der Waals surface area contributed by atoms with Crippen LogP contribution in [0.1, 0.15) is 37.3 Å². The van der Waals surface area contributed by atoms with Crippen molar-refractivity contribution in [2.75, 3.05) is 0 Å². The largest absolute Gasteiger partial charge is 0.392 e. The minimum Gasteiger partial charge on any atom is -0.392 e. The van der Waals surface area contributed by atoms with E-state index < -0.39 is 0 Å². The number of aliphatic hydroxyl groups excluding tert-OH is 1. The Kier molecular flexibility index (Phi) is 4.99. The lowest BCUT2D eigenvalue weighted by Crippen LogP contribution is -1.89. The van der Waals surface area contributed by atoms with Gasteiger partial charge in [-0.25, -0.2) is 0 Å². The van der Waals surface area contributed by atoms with E-state index in [-0.39, 0.29) is 6.61 Å². The van der Waals surface area contributed by atoms with Crippen molar-refractivity contribution < 1.29 is 5.11 Å². The molecule has 1 nitrogen and oxygen atoms in total. The topological polar surface area (TPSA) is 20.2 Å². The van der Waals surface area contributed by atoms with Gasteiger partial charge < -0.3 is 5.11 Å². The van der Waals surface area contributed by atoms with Crippen molar-refractivity contribution in [1.82, 2.24) is 0 Å². The summed E-state index contributed by atoms with van der Waals surface area (Å²) in [7, 11) is 0. The van der Waals surface area contributed by atoms with Gasteiger partial charge in [0, 0.05) is 5.02 Å². The van der Waals surface area contributed by atoms with E-state index >= 15 is 0 Å². The number of aliphatic hydroxyl groups is 1. The fourth-order valence-corrected chi connectivity index (χ4v) is 1.72. The van der Waals surface area contributed by atoms with E-state index in [1.54, 1.807) is 0 Å². The van der Waals surface area contributed by atoms with E-state index in [4.69, 9.17) is 16.7 Å². The highest BCUT2D eigenvalue weighted by Crippen LogP contribution is 2.19. The molecule has 1 rings (SSSR count). The second kappa shape index (κ2) is 6.05. The zero-order valence-corrected chi connectivity index (χ0v) is 9.35. The van der Waals surface area contributed by atoms with Crippen LogP contribution in [0, 0.1) is 0 Å². The van der Waals surface area contributed by atoms with Crippen LogP contribution in [-0.4, -0.2) is 5.11 Å². The van der Waals surface area contributed by atoms with Crippen molar-refractivity contribution in [3.63, 3.8) is 0 Å². The molecule has 14 heavy (non-hydrogen) atoms. The zero-order chi connectivity index (χ0) is 10.4. The molecule has 0 radical (unpaired) electrons. The molecule has 0 spiro atoms. The fraction of sp³-hybridized carbons (Fsp3) is 0.500. The molecule has 0 unspecified atom stereocenters. The van der Waals surface area contributed by atoms with Crippen molar-refractivity contribution in [2.24, 2.45) is 0 Å². The Hall–Kier alpha value is -0.530. The second-order valence-electron chi connectivity index (χ2n) is 3.54. The summed E-state index contributed by atoms with van der Waals surface area (Å²) in [5, 5.41) is 9.62. The Morgan fingerprint density at radius 3 is 2.64 bits per heavy atom. The van der Waals surface area contributed by atoms with Crippen LogP contribution in [0.5, 0.6) is 0 Å². The molecule has 1 aromatic carbocycles. The summed E-state index contributed by atoms with van der Waals surface area (Å²) in [6.07, 6.45) is 4.80. The lowest BCUT2D eigenvalue weighted by atomic mass is 10.1. The summed E-state index contributed by atoms with van der Waals surface area (Å²) < 4.78 is 0. The predicted octanol–water partition coefficient (Wildman–Crippen LogP) is 3.57. The molecule has 1 aromatic rings. The lowest BCUT2D eigenvalue weighted by molar-refractivity contribution is 0.282. The maximum Gasteiger partial charge on any atom is 0.0696 e. The van der Waals surface area contributed by atoms with Crippen LogP contribution < -0.4 is 0 Å². The quantitative estimate of drug-likeness (QED) is 0.740. The highest BCUT2D eigenvalue weighted by atomic mass is 35.5. The van der Waals surface area contributed by atoms with Gasteiger partial charge in [-0.05, 0) is 30.0 Å². The smallest absolute Gasteiger partial charge is 0.0696 e. The number of unbranched alkanes of at least 4 members (excludes halogenated alkanes) is 2.